The molecular formula is C35H47N3O7S. The van der Waals surface area contributed by atoms with E-state index in [2.05, 4.69) is 0 Å². The molecule has 46 heavy (non-hydrogen) atoms. The number of ether oxygens (including phenoxy) is 1. The molecule has 0 fully saturated rings. The number of benzene rings is 3. The highest BCUT2D eigenvalue weighted by Gasteiger charge is 2.38. The van der Waals surface area contributed by atoms with Crippen LogP contribution in [0.15, 0.2) is 89.8 Å². The third kappa shape index (κ3) is 9.01. The molecule has 0 spiro atoms. The predicted octanol–water partition coefficient (Wildman–Crippen LogP) is 4.64. The number of amides is 2. The van der Waals surface area contributed by atoms with E-state index in [0.717, 1.165) is 16.0 Å². The second-order valence-electron chi connectivity index (χ2n) is 11.3. The minimum Gasteiger partial charge on any atom is -0.452 e. The third-order valence-electron chi connectivity index (χ3n) is 8.26. The summed E-state index contributed by atoms with van der Waals surface area (Å²) in [6.45, 7) is 3.32. The molecular weight excluding hydrogens is 606 g/mol. The maximum atomic E-state index is 14.1. The smallest absolute Gasteiger partial charge is 0.416 e. The zero-order valence-electron chi connectivity index (χ0n) is 26.9. The number of aliphatic hydroxyl groups excluding tert-OH is 2. The number of carbonyl (C=O) groups excluding carboxylic acids is 2. The monoisotopic (exact) mass is 653 g/mol. The SMILES string of the molecule is CCCN([C@H](CO)CCC[C@H](CC)N(C(=O)OC)C(=O)[C@@H](N)C(c1ccccc1)c1ccccc1)S(=O)(=O)c1ccc(CO)cc1. The number of sulfonamides is 1. The number of hydrogen-bond acceptors (Lipinski definition) is 8. The van der Waals surface area contributed by atoms with Gasteiger partial charge in [0, 0.05) is 24.5 Å². The van der Waals surface area contributed by atoms with E-state index in [9.17, 15) is 28.2 Å². The first kappa shape index (κ1) is 36.9. The molecule has 250 valence electrons. The molecule has 2 amide bonds. The summed E-state index contributed by atoms with van der Waals surface area (Å²) in [7, 11) is -2.72. The molecule has 0 bridgehead atoms. The molecule has 4 N–H and O–H groups in total. The summed E-state index contributed by atoms with van der Waals surface area (Å²) in [5.41, 5.74) is 8.95. The molecule has 0 heterocycles. The second-order valence-corrected chi connectivity index (χ2v) is 13.1. The Labute approximate surface area is 272 Å². The van der Waals surface area contributed by atoms with E-state index in [0.29, 0.717) is 37.7 Å². The van der Waals surface area contributed by atoms with Crippen LogP contribution in [0, 0.1) is 0 Å². The summed E-state index contributed by atoms with van der Waals surface area (Å²) < 4.78 is 33.6. The van der Waals surface area contributed by atoms with Crippen molar-refractivity contribution in [1.29, 1.82) is 0 Å². The molecule has 11 heteroatoms. The van der Waals surface area contributed by atoms with E-state index in [1.807, 2.05) is 74.5 Å². The molecule has 3 aromatic rings. The number of nitrogens with zero attached hydrogens (tertiary/aromatic N) is 2. The summed E-state index contributed by atoms with van der Waals surface area (Å²) in [5, 5.41) is 19.7. The molecule has 3 atom stereocenters. The highest BCUT2D eigenvalue weighted by molar-refractivity contribution is 7.89. The van der Waals surface area contributed by atoms with Gasteiger partial charge in [-0.3, -0.25) is 4.79 Å². The van der Waals surface area contributed by atoms with Gasteiger partial charge < -0.3 is 20.7 Å². The fourth-order valence-electron chi connectivity index (χ4n) is 5.80. The van der Waals surface area contributed by atoms with E-state index in [-0.39, 0.29) is 18.0 Å². The van der Waals surface area contributed by atoms with Gasteiger partial charge in [-0.1, -0.05) is 86.6 Å². The normalized spacial score (nSPS) is 13.7. The Morgan fingerprint density at radius 3 is 1.85 bits per heavy atom. The minimum absolute atomic E-state index is 0.0749. The molecule has 0 radical (unpaired) electrons. The van der Waals surface area contributed by atoms with Gasteiger partial charge in [-0.15, -0.1) is 0 Å². The Balaban J connectivity index is 1.83. The summed E-state index contributed by atoms with van der Waals surface area (Å²) in [5.74, 6) is -1.09. The highest BCUT2D eigenvalue weighted by atomic mass is 32.2. The van der Waals surface area contributed by atoms with E-state index < -0.39 is 52.7 Å². The summed E-state index contributed by atoms with van der Waals surface area (Å²) in [6, 6.07) is 22.5. The first-order valence-corrected chi connectivity index (χ1v) is 17.2. The topological polar surface area (TPSA) is 150 Å². The Hall–Kier alpha value is -3.61. The van der Waals surface area contributed by atoms with Crippen molar-refractivity contribution in [2.45, 2.75) is 81.5 Å². The lowest BCUT2D eigenvalue weighted by Gasteiger charge is -2.34. The lowest BCUT2D eigenvalue weighted by Crippen LogP contribution is -2.53. The van der Waals surface area contributed by atoms with Gasteiger partial charge in [0.15, 0.2) is 0 Å². The van der Waals surface area contributed by atoms with Crippen molar-refractivity contribution in [1.82, 2.24) is 9.21 Å². The van der Waals surface area contributed by atoms with Gasteiger partial charge in [0.05, 0.1) is 31.3 Å². The van der Waals surface area contributed by atoms with Crippen molar-refractivity contribution >= 4 is 22.0 Å². The van der Waals surface area contributed by atoms with Gasteiger partial charge in [0.1, 0.15) is 0 Å². The number of rotatable bonds is 17. The first-order chi connectivity index (χ1) is 22.1. The Kier molecular flexibility index (Phi) is 14.4. The van der Waals surface area contributed by atoms with Gasteiger partial charge in [0.25, 0.3) is 0 Å². The van der Waals surface area contributed by atoms with Crippen LogP contribution in [-0.4, -0.2) is 78.2 Å². The van der Waals surface area contributed by atoms with Gasteiger partial charge in [-0.25, -0.2) is 18.1 Å². The van der Waals surface area contributed by atoms with Crippen LogP contribution in [0.3, 0.4) is 0 Å². The minimum atomic E-state index is -3.94. The molecule has 0 saturated carbocycles. The van der Waals surface area contributed by atoms with Crippen LogP contribution in [0.5, 0.6) is 0 Å². The van der Waals surface area contributed by atoms with E-state index in [1.165, 1.54) is 23.5 Å². The van der Waals surface area contributed by atoms with Crippen LogP contribution < -0.4 is 5.73 Å². The van der Waals surface area contributed by atoms with Crippen LogP contribution in [0.25, 0.3) is 0 Å². The van der Waals surface area contributed by atoms with E-state index in [4.69, 9.17) is 10.5 Å². The van der Waals surface area contributed by atoms with E-state index in [1.54, 1.807) is 12.1 Å². The largest absolute Gasteiger partial charge is 0.452 e. The molecule has 0 aliphatic heterocycles. The predicted molar refractivity (Wildman–Crippen MR) is 177 cm³/mol. The quantitative estimate of drug-likeness (QED) is 0.191. The number of carbonyl (C=O) groups is 2. The highest BCUT2D eigenvalue weighted by Crippen LogP contribution is 2.30. The second kappa shape index (κ2) is 17.9. The average Bonchev–Trinajstić information content (AvgIpc) is 3.09. The molecule has 0 aromatic heterocycles. The molecule has 0 aliphatic rings. The van der Waals surface area contributed by atoms with Gasteiger partial charge >= 0.3 is 6.09 Å². The van der Waals surface area contributed by atoms with Crippen LogP contribution in [0.4, 0.5) is 4.79 Å². The number of imide groups is 1. The lowest BCUT2D eigenvalue weighted by molar-refractivity contribution is -0.133. The van der Waals surface area contributed by atoms with Crippen LogP contribution in [0.2, 0.25) is 0 Å². The van der Waals surface area contributed by atoms with Crippen molar-refractivity contribution < 1.29 is 33.0 Å². The molecule has 10 nitrogen and oxygen atoms in total. The van der Waals surface area contributed by atoms with Crippen LogP contribution >= 0.6 is 0 Å². The summed E-state index contributed by atoms with van der Waals surface area (Å²) in [6.07, 6.45) is 1.22. The van der Waals surface area contributed by atoms with Crippen LogP contribution in [0.1, 0.15) is 68.6 Å². The zero-order chi connectivity index (χ0) is 33.7. The summed E-state index contributed by atoms with van der Waals surface area (Å²) >= 11 is 0. The first-order valence-electron chi connectivity index (χ1n) is 15.7. The number of nitrogens with two attached hydrogens (primary N) is 1. The molecule has 3 aromatic carbocycles. The lowest BCUT2D eigenvalue weighted by atomic mass is 9.84. The number of methoxy groups -OCH3 is 1. The van der Waals surface area contributed by atoms with Gasteiger partial charge in [0.2, 0.25) is 15.9 Å². The maximum Gasteiger partial charge on any atom is 0.416 e. The number of aliphatic hydroxyl groups is 2. The fourth-order valence-corrected chi connectivity index (χ4v) is 7.54. The van der Waals surface area contributed by atoms with Gasteiger partial charge in [-0.2, -0.15) is 4.31 Å². The Bertz CT molecular complexity index is 1430. The maximum absolute atomic E-state index is 14.1. The zero-order valence-corrected chi connectivity index (χ0v) is 27.7. The molecule has 3 rings (SSSR count). The van der Waals surface area contributed by atoms with Gasteiger partial charge in [-0.05, 0) is 60.9 Å². The molecule has 0 unspecified atom stereocenters. The fraction of sp³-hybridized carbons (Fsp3) is 0.429. The average molecular weight is 654 g/mol. The van der Waals surface area contributed by atoms with E-state index >= 15 is 0 Å². The van der Waals surface area contributed by atoms with Crippen molar-refractivity contribution in [2.75, 3.05) is 20.3 Å². The van der Waals surface area contributed by atoms with Crippen molar-refractivity contribution in [3.63, 3.8) is 0 Å². The van der Waals surface area contributed by atoms with Crippen LogP contribution in [-0.2, 0) is 26.2 Å². The Morgan fingerprint density at radius 2 is 1.39 bits per heavy atom. The van der Waals surface area contributed by atoms with Crippen molar-refractivity contribution in [3.8, 4) is 0 Å². The third-order valence-corrected chi connectivity index (χ3v) is 10.2. The number of hydrogen-bond donors (Lipinski definition) is 3. The Morgan fingerprint density at radius 1 is 0.848 bits per heavy atom. The van der Waals surface area contributed by atoms with Crippen molar-refractivity contribution in [2.24, 2.45) is 5.73 Å². The molecule has 0 aliphatic carbocycles. The molecule has 0 saturated heterocycles. The van der Waals surface area contributed by atoms with Crippen molar-refractivity contribution in [3.05, 3.63) is 102 Å². The standard InChI is InChI=1S/C35H47N3O7S/c1-4-23-37(46(43,44)31-21-19-26(24-39)20-22-31)30(25-40)18-12-17-29(5-2)38(35(42)45-3)34(41)33(36)32(27-13-8-6-9-14-27)28-15-10-7-11-16-28/h6-11,13-16,19-22,29-30,32-33,39-40H,4-5,12,17-18,23-25,36H2,1-3H3/t29-,30-,33-/m0/s1. The summed E-state index contributed by atoms with van der Waals surface area (Å²) in [4.78, 5) is 28.4.